The summed E-state index contributed by atoms with van der Waals surface area (Å²) in [6, 6.07) is 2.11. The summed E-state index contributed by atoms with van der Waals surface area (Å²) >= 11 is 5.68. The molecule has 0 heterocycles. The summed E-state index contributed by atoms with van der Waals surface area (Å²) < 4.78 is 38.9. The van der Waals surface area contributed by atoms with Gasteiger partial charge in [-0.1, -0.05) is 11.6 Å². The van der Waals surface area contributed by atoms with Crippen LogP contribution in [0.1, 0.15) is 12.5 Å². The lowest BCUT2D eigenvalue weighted by atomic mass is 10.2. The zero-order chi connectivity index (χ0) is 13.2. The van der Waals surface area contributed by atoms with E-state index in [1.807, 2.05) is 0 Å². The third-order valence-electron chi connectivity index (χ3n) is 2.07. The highest BCUT2D eigenvalue weighted by Crippen LogP contribution is 2.24. The Morgan fingerprint density at radius 2 is 2.12 bits per heavy atom. The van der Waals surface area contributed by atoms with Crippen molar-refractivity contribution in [3.8, 4) is 0 Å². The first kappa shape index (κ1) is 14.4. The Morgan fingerprint density at radius 1 is 1.53 bits per heavy atom. The first-order valence-electron chi connectivity index (χ1n) is 4.87. The van der Waals surface area contributed by atoms with Crippen LogP contribution in [-0.2, 0) is 10.0 Å². The van der Waals surface area contributed by atoms with Crippen LogP contribution in [0, 0.1) is 12.7 Å². The molecule has 0 aliphatic heterocycles. The minimum Gasteiger partial charge on any atom is -0.392 e. The van der Waals surface area contributed by atoms with Crippen LogP contribution in [0.4, 0.5) is 4.39 Å². The lowest BCUT2D eigenvalue weighted by molar-refractivity contribution is 0.198. The van der Waals surface area contributed by atoms with Gasteiger partial charge in [0, 0.05) is 6.54 Å². The SMILES string of the molecule is Cc1cc(S(=O)(=O)NCC(C)O)c(Cl)cc1F. The second-order valence-corrected chi connectivity index (χ2v) is 5.88. The van der Waals surface area contributed by atoms with E-state index < -0.39 is 21.9 Å². The van der Waals surface area contributed by atoms with E-state index in [-0.39, 0.29) is 22.0 Å². The first-order chi connectivity index (χ1) is 7.74. The lowest BCUT2D eigenvalue weighted by Gasteiger charge is -2.10. The maximum atomic E-state index is 13.1. The minimum atomic E-state index is -3.83. The van der Waals surface area contributed by atoms with Crippen molar-refractivity contribution in [3.63, 3.8) is 0 Å². The molecule has 0 radical (unpaired) electrons. The molecule has 0 bridgehead atoms. The highest BCUT2D eigenvalue weighted by molar-refractivity contribution is 7.89. The second kappa shape index (κ2) is 5.30. The van der Waals surface area contributed by atoms with Crippen LogP contribution >= 0.6 is 11.6 Å². The van der Waals surface area contributed by atoms with E-state index in [9.17, 15) is 12.8 Å². The van der Waals surface area contributed by atoms with Crippen molar-refractivity contribution in [1.29, 1.82) is 0 Å². The number of benzene rings is 1. The van der Waals surface area contributed by atoms with E-state index in [1.165, 1.54) is 13.8 Å². The van der Waals surface area contributed by atoms with E-state index in [2.05, 4.69) is 4.72 Å². The van der Waals surface area contributed by atoms with E-state index >= 15 is 0 Å². The molecule has 1 aromatic carbocycles. The van der Waals surface area contributed by atoms with E-state index in [4.69, 9.17) is 16.7 Å². The molecule has 0 saturated carbocycles. The van der Waals surface area contributed by atoms with Gasteiger partial charge in [-0.25, -0.2) is 17.5 Å². The molecule has 1 aromatic rings. The van der Waals surface area contributed by atoms with Gasteiger partial charge in [0.2, 0.25) is 10.0 Å². The van der Waals surface area contributed by atoms with Crippen molar-refractivity contribution in [2.75, 3.05) is 6.54 Å². The molecule has 7 heteroatoms. The molecule has 17 heavy (non-hydrogen) atoms. The van der Waals surface area contributed by atoms with Crippen LogP contribution in [0.25, 0.3) is 0 Å². The highest BCUT2D eigenvalue weighted by Gasteiger charge is 2.19. The molecular formula is C10H13ClFNO3S. The zero-order valence-corrected chi connectivity index (χ0v) is 10.9. The largest absolute Gasteiger partial charge is 0.392 e. The van der Waals surface area contributed by atoms with Crippen molar-refractivity contribution in [2.24, 2.45) is 0 Å². The van der Waals surface area contributed by atoms with Gasteiger partial charge in [0.25, 0.3) is 0 Å². The Balaban J connectivity index is 3.11. The van der Waals surface area contributed by atoms with Gasteiger partial charge in [-0.3, -0.25) is 0 Å². The Kier molecular flexibility index (Phi) is 4.48. The summed E-state index contributed by atoms with van der Waals surface area (Å²) in [5.41, 5.74) is 0.187. The van der Waals surface area contributed by atoms with Crippen LogP contribution in [0.15, 0.2) is 17.0 Å². The summed E-state index contributed by atoms with van der Waals surface area (Å²) in [5, 5.41) is 8.82. The number of hydrogen-bond donors (Lipinski definition) is 2. The van der Waals surface area contributed by atoms with E-state index in [0.29, 0.717) is 0 Å². The molecule has 4 nitrogen and oxygen atoms in total. The fourth-order valence-electron chi connectivity index (χ4n) is 1.14. The average Bonchev–Trinajstić information content (AvgIpc) is 2.20. The first-order valence-corrected chi connectivity index (χ1v) is 6.73. The quantitative estimate of drug-likeness (QED) is 0.878. The number of halogens is 2. The Labute approximate surface area is 104 Å². The zero-order valence-electron chi connectivity index (χ0n) is 9.37. The third-order valence-corrected chi connectivity index (χ3v) is 3.96. The summed E-state index contributed by atoms with van der Waals surface area (Å²) in [7, 11) is -3.83. The van der Waals surface area contributed by atoms with Crippen molar-refractivity contribution >= 4 is 21.6 Å². The number of rotatable bonds is 4. The van der Waals surface area contributed by atoms with Gasteiger partial charge in [0.05, 0.1) is 11.1 Å². The second-order valence-electron chi connectivity index (χ2n) is 3.73. The summed E-state index contributed by atoms with van der Waals surface area (Å²) in [4.78, 5) is -0.196. The van der Waals surface area contributed by atoms with Gasteiger partial charge >= 0.3 is 0 Å². The van der Waals surface area contributed by atoms with Crippen LogP contribution in [0.5, 0.6) is 0 Å². The Bertz CT molecular complexity index is 517. The van der Waals surface area contributed by atoms with E-state index in [1.54, 1.807) is 0 Å². The highest BCUT2D eigenvalue weighted by atomic mass is 35.5. The number of aliphatic hydroxyl groups excluding tert-OH is 1. The van der Waals surface area contributed by atoms with Gasteiger partial charge < -0.3 is 5.11 Å². The van der Waals surface area contributed by atoms with Crippen molar-refractivity contribution in [2.45, 2.75) is 24.8 Å². The van der Waals surface area contributed by atoms with Gasteiger partial charge in [0.15, 0.2) is 0 Å². The van der Waals surface area contributed by atoms with Crippen LogP contribution < -0.4 is 4.72 Å². The number of aliphatic hydroxyl groups is 1. The predicted molar refractivity (Wildman–Crippen MR) is 63.0 cm³/mol. The Morgan fingerprint density at radius 3 is 2.65 bits per heavy atom. The number of sulfonamides is 1. The molecule has 0 aliphatic rings. The van der Waals surface area contributed by atoms with Crippen LogP contribution in [-0.4, -0.2) is 26.2 Å². The molecule has 1 unspecified atom stereocenters. The average molecular weight is 282 g/mol. The number of aryl methyl sites for hydroxylation is 1. The van der Waals surface area contributed by atoms with E-state index in [0.717, 1.165) is 12.1 Å². The molecule has 0 saturated heterocycles. The summed E-state index contributed by atoms with van der Waals surface area (Å²) in [6.45, 7) is 2.76. The molecule has 96 valence electrons. The lowest BCUT2D eigenvalue weighted by Crippen LogP contribution is -2.30. The van der Waals surface area contributed by atoms with Crippen LogP contribution in [0.3, 0.4) is 0 Å². The predicted octanol–water partition coefficient (Wildman–Crippen LogP) is 1.45. The number of nitrogens with one attached hydrogen (secondary N) is 1. The Hall–Kier alpha value is -0.690. The molecule has 1 rings (SSSR count). The maximum absolute atomic E-state index is 13.1. The fraction of sp³-hybridized carbons (Fsp3) is 0.400. The summed E-state index contributed by atoms with van der Waals surface area (Å²) in [6.07, 6.45) is -0.815. The fourth-order valence-corrected chi connectivity index (χ4v) is 2.86. The smallest absolute Gasteiger partial charge is 0.242 e. The van der Waals surface area contributed by atoms with Crippen molar-refractivity contribution in [3.05, 3.63) is 28.5 Å². The standard InChI is InChI=1S/C10H13ClFNO3S/c1-6-3-10(8(11)4-9(6)12)17(15,16)13-5-7(2)14/h3-4,7,13-14H,5H2,1-2H3. The molecule has 2 N–H and O–H groups in total. The molecule has 0 spiro atoms. The number of hydrogen-bond acceptors (Lipinski definition) is 3. The molecule has 0 aliphatic carbocycles. The normalized spacial score (nSPS) is 13.7. The molecule has 0 aromatic heterocycles. The van der Waals surface area contributed by atoms with Gasteiger partial charge in [0.1, 0.15) is 10.7 Å². The third kappa shape index (κ3) is 3.64. The topological polar surface area (TPSA) is 66.4 Å². The van der Waals surface area contributed by atoms with Crippen molar-refractivity contribution in [1.82, 2.24) is 4.72 Å². The molecular weight excluding hydrogens is 269 g/mol. The minimum absolute atomic E-state index is 0.130. The van der Waals surface area contributed by atoms with Gasteiger partial charge in [-0.15, -0.1) is 0 Å². The molecule has 0 amide bonds. The monoisotopic (exact) mass is 281 g/mol. The maximum Gasteiger partial charge on any atom is 0.242 e. The van der Waals surface area contributed by atoms with Crippen LogP contribution in [0.2, 0.25) is 5.02 Å². The van der Waals surface area contributed by atoms with Gasteiger partial charge in [-0.2, -0.15) is 0 Å². The van der Waals surface area contributed by atoms with Crippen molar-refractivity contribution < 1.29 is 17.9 Å². The molecule has 0 fully saturated rings. The molecule has 1 atom stereocenters. The van der Waals surface area contributed by atoms with Gasteiger partial charge in [-0.05, 0) is 31.5 Å². The summed E-state index contributed by atoms with van der Waals surface area (Å²) in [5.74, 6) is -0.565.